The van der Waals surface area contributed by atoms with Crippen LogP contribution >= 0.6 is 0 Å². The summed E-state index contributed by atoms with van der Waals surface area (Å²) in [6.45, 7) is 0.943. The normalized spacial score (nSPS) is 28.3. The van der Waals surface area contributed by atoms with E-state index in [1.165, 1.54) is 11.3 Å². The Hall–Kier alpha value is -1.02. The Labute approximate surface area is 66.5 Å². The van der Waals surface area contributed by atoms with E-state index in [4.69, 9.17) is 5.73 Å². The van der Waals surface area contributed by atoms with E-state index in [1.54, 1.807) is 0 Å². The standard InChI is InChI=1S/C9H12N2/c10-8-3-4-9-7(6-8)2-1-5-11-9/h1-2,4,6,8,11H,3,5,10H2. The van der Waals surface area contributed by atoms with Crippen LogP contribution in [0.2, 0.25) is 0 Å². The van der Waals surface area contributed by atoms with Crippen LogP contribution in [0, 0.1) is 0 Å². The predicted octanol–water partition coefficient (Wildman–Crippen LogP) is 0.687. The van der Waals surface area contributed by atoms with E-state index in [1.807, 2.05) is 0 Å². The van der Waals surface area contributed by atoms with Crippen molar-refractivity contribution in [3.05, 3.63) is 35.6 Å². The maximum atomic E-state index is 5.76. The summed E-state index contributed by atoms with van der Waals surface area (Å²) < 4.78 is 0. The summed E-state index contributed by atoms with van der Waals surface area (Å²) in [6.07, 6.45) is 9.48. The van der Waals surface area contributed by atoms with E-state index >= 15 is 0 Å². The van der Waals surface area contributed by atoms with Crippen LogP contribution in [-0.2, 0) is 0 Å². The number of nitrogens with one attached hydrogen (secondary N) is 1. The highest BCUT2D eigenvalue weighted by Crippen LogP contribution is 2.18. The molecule has 0 saturated heterocycles. The first-order valence-electron chi connectivity index (χ1n) is 3.94. The van der Waals surface area contributed by atoms with E-state index in [-0.39, 0.29) is 6.04 Å². The molecule has 0 radical (unpaired) electrons. The molecule has 1 unspecified atom stereocenters. The minimum Gasteiger partial charge on any atom is -0.381 e. The molecule has 58 valence electrons. The monoisotopic (exact) mass is 148 g/mol. The first-order chi connectivity index (χ1) is 5.36. The lowest BCUT2D eigenvalue weighted by Crippen LogP contribution is -2.26. The largest absolute Gasteiger partial charge is 0.381 e. The summed E-state index contributed by atoms with van der Waals surface area (Å²) in [5, 5.41) is 3.29. The molecule has 0 fully saturated rings. The van der Waals surface area contributed by atoms with Gasteiger partial charge in [0.2, 0.25) is 0 Å². The van der Waals surface area contributed by atoms with Crippen LogP contribution in [0.3, 0.4) is 0 Å². The van der Waals surface area contributed by atoms with Gasteiger partial charge in [-0.2, -0.15) is 0 Å². The summed E-state index contributed by atoms with van der Waals surface area (Å²) in [6, 6.07) is 0.207. The summed E-state index contributed by atoms with van der Waals surface area (Å²) in [5.74, 6) is 0. The molecule has 0 spiro atoms. The first kappa shape index (κ1) is 6.68. The molecule has 1 aliphatic carbocycles. The Morgan fingerprint density at radius 1 is 1.55 bits per heavy atom. The third-order valence-electron chi connectivity index (χ3n) is 2.01. The van der Waals surface area contributed by atoms with Gasteiger partial charge in [-0.15, -0.1) is 0 Å². The molecule has 3 N–H and O–H groups in total. The van der Waals surface area contributed by atoms with Gasteiger partial charge in [0.05, 0.1) is 0 Å². The Kier molecular flexibility index (Phi) is 1.55. The van der Waals surface area contributed by atoms with E-state index in [2.05, 4.69) is 29.6 Å². The van der Waals surface area contributed by atoms with Crippen LogP contribution in [0.15, 0.2) is 35.6 Å². The second-order valence-corrected chi connectivity index (χ2v) is 2.92. The summed E-state index contributed by atoms with van der Waals surface area (Å²) in [4.78, 5) is 0. The summed E-state index contributed by atoms with van der Waals surface area (Å²) >= 11 is 0. The first-order valence-corrected chi connectivity index (χ1v) is 3.94. The van der Waals surface area contributed by atoms with Crippen LogP contribution in [-0.4, -0.2) is 12.6 Å². The van der Waals surface area contributed by atoms with E-state index in [0.717, 1.165) is 13.0 Å². The smallest absolute Gasteiger partial charge is 0.0373 e. The van der Waals surface area contributed by atoms with Gasteiger partial charge in [0, 0.05) is 18.3 Å². The van der Waals surface area contributed by atoms with Crippen LogP contribution in [0.25, 0.3) is 0 Å². The number of nitrogens with two attached hydrogens (primary N) is 1. The average molecular weight is 148 g/mol. The van der Waals surface area contributed by atoms with Crippen LogP contribution in [0.5, 0.6) is 0 Å². The molecule has 0 aromatic heterocycles. The van der Waals surface area contributed by atoms with Gasteiger partial charge >= 0.3 is 0 Å². The minimum atomic E-state index is 0.207. The third-order valence-corrected chi connectivity index (χ3v) is 2.01. The van der Waals surface area contributed by atoms with Gasteiger partial charge in [-0.25, -0.2) is 0 Å². The van der Waals surface area contributed by atoms with Crippen molar-refractivity contribution in [1.29, 1.82) is 0 Å². The Morgan fingerprint density at radius 2 is 2.45 bits per heavy atom. The third kappa shape index (κ3) is 1.21. The maximum absolute atomic E-state index is 5.76. The Morgan fingerprint density at radius 3 is 3.36 bits per heavy atom. The molecule has 1 heterocycles. The van der Waals surface area contributed by atoms with Gasteiger partial charge in [0.15, 0.2) is 0 Å². The van der Waals surface area contributed by atoms with Crippen LogP contribution in [0.1, 0.15) is 6.42 Å². The second-order valence-electron chi connectivity index (χ2n) is 2.92. The van der Waals surface area contributed by atoms with Gasteiger partial charge < -0.3 is 11.1 Å². The van der Waals surface area contributed by atoms with E-state index < -0.39 is 0 Å². The lowest BCUT2D eigenvalue weighted by atomic mass is 9.98. The highest BCUT2D eigenvalue weighted by atomic mass is 14.9. The SMILES string of the molecule is NC1C=C2C=CCNC2=CC1. The molecular weight excluding hydrogens is 136 g/mol. The molecule has 0 bridgehead atoms. The second kappa shape index (κ2) is 2.55. The average Bonchev–Trinajstić information content (AvgIpc) is 2.04. The van der Waals surface area contributed by atoms with Crippen molar-refractivity contribution in [3.8, 4) is 0 Å². The highest BCUT2D eigenvalue weighted by Gasteiger charge is 2.11. The molecule has 11 heavy (non-hydrogen) atoms. The van der Waals surface area contributed by atoms with Gasteiger partial charge in [-0.3, -0.25) is 0 Å². The summed E-state index contributed by atoms with van der Waals surface area (Å²) in [7, 11) is 0. The van der Waals surface area contributed by atoms with Crippen molar-refractivity contribution in [2.24, 2.45) is 5.73 Å². The molecule has 1 aliphatic heterocycles. The maximum Gasteiger partial charge on any atom is 0.0373 e. The fourth-order valence-corrected chi connectivity index (χ4v) is 1.43. The van der Waals surface area contributed by atoms with Crippen molar-refractivity contribution in [2.45, 2.75) is 12.5 Å². The number of fused-ring (bicyclic) bond motifs is 1. The van der Waals surface area contributed by atoms with Crippen molar-refractivity contribution < 1.29 is 0 Å². The van der Waals surface area contributed by atoms with Gasteiger partial charge in [0.1, 0.15) is 0 Å². The zero-order valence-electron chi connectivity index (χ0n) is 6.38. The van der Waals surface area contributed by atoms with Crippen molar-refractivity contribution in [3.63, 3.8) is 0 Å². The molecule has 0 amide bonds. The predicted molar refractivity (Wildman–Crippen MR) is 45.9 cm³/mol. The molecule has 2 aliphatic rings. The molecule has 2 heteroatoms. The number of hydrogen-bond donors (Lipinski definition) is 2. The van der Waals surface area contributed by atoms with Crippen LogP contribution < -0.4 is 11.1 Å². The van der Waals surface area contributed by atoms with Crippen molar-refractivity contribution in [1.82, 2.24) is 5.32 Å². The fourth-order valence-electron chi connectivity index (χ4n) is 1.43. The molecular formula is C9H12N2. The van der Waals surface area contributed by atoms with Crippen LogP contribution in [0.4, 0.5) is 0 Å². The number of rotatable bonds is 0. The molecule has 0 aromatic carbocycles. The zero-order valence-corrected chi connectivity index (χ0v) is 6.38. The Balaban J connectivity index is 2.31. The van der Waals surface area contributed by atoms with E-state index in [9.17, 15) is 0 Å². The van der Waals surface area contributed by atoms with E-state index in [0.29, 0.717) is 0 Å². The fraction of sp³-hybridized carbons (Fsp3) is 0.333. The quantitative estimate of drug-likeness (QED) is 0.530. The van der Waals surface area contributed by atoms with Gasteiger partial charge in [-0.05, 0) is 12.0 Å². The Bertz CT molecular complexity index is 248. The molecule has 1 atom stereocenters. The minimum absolute atomic E-state index is 0.207. The molecule has 2 nitrogen and oxygen atoms in total. The number of allylic oxidation sites excluding steroid dienone is 1. The number of hydrogen-bond acceptors (Lipinski definition) is 2. The highest BCUT2D eigenvalue weighted by molar-refractivity contribution is 5.44. The molecule has 0 aromatic rings. The van der Waals surface area contributed by atoms with Gasteiger partial charge in [-0.1, -0.05) is 24.3 Å². The van der Waals surface area contributed by atoms with Crippen molar-refractivity contribution >= 4 is 0 Å². The molecule has 0 saturated carbocycles. The zero-order chi connectivity index (χ0) is 7.68. The van der Waals surface area contributed by atoms with Gasteiger partial charge in [0.25, 0.3) is 0 Å². The lowest BCUT2D eigenvalue weighted by Gasteiger charge is -2.21. The lowest BCUT2D eigenvalue weighted by molar-refractivity contribution is 0.776. The molecule has 2 rings (SSSR count). The van der Waals surface area contributed by atoms with Crippen molar-refractivity contribution in [2.75, 3.05) is 6.54 Å². The topological polar surface area (TPSA) is 38.0 Å². The summed E-state index contributed by atoms with van der Waals surface area (Å²) in [5.41, 5.74) is 8.25.